The van der Waals surface area contributed by atoms with Gasteiger partial charge in [0, 0.05) is 16.1 Å². The third kappa shape index (κ3) is 4.34. The SMILES string of the molecule is O=C1/C(=C/c2ccccc2Br)N=C(c2ccccc2)N1/N=C/c1ccccc1[N+](=O)[O-]. The highest BCUT2D eigenvalue weighted by molar-refractivity contribution is 9.10. The topological polar surface area (TPSA) is 88.2 Å². The molecule has 1 heterocycles. The minimum Gasteiger partial charge on any atom is -0.265 e. The third-order valence-corrected chi connectivity index (χ3v) is 5.24. The number of aliphatic imine (C=N–C) groups is 1. The number of hydrazone groups is 1. The summed E-state index contributed by atoms with van der Waals surface area (Å²) in [4.78, 5) is 28.4. The number of halogens is 1. The lowest BCUT2D eigenvalue weighted by molar-refractivity contribution is -0.385. The Morgan fingerprint density at radius 1 is 0.935 bits per heavy atom. The van der Waals surface area contributed by atoms with Gasteiger partial charge in [-0.15, -0.1) is 0 Å². The molecule has 8 heteroatoms. The van der Waals surface area contributed by atoms with Crippen LogP contribution in [0.3, 0.4) is 0 Å². The van der Waals surface area contributed by atoms with E-state index >= 15 is 0 Å². The van der Waals surface area contributed by atoms with Gasteiger partial charge in [-0.2, -0.15) is 10.1 Å². The first-order valence-corrected chi connectivity index (χ1v) is 10.1. The second-order valence-electron chi connectivity index (χ2n) is 6.53. The lowest BCUT2D eigenvalue weighted by Crippen LogP contribution is -2.27. The van der Waals surface area contributed by atoms with Crippen molar-refractivity contribution in [2.75, 3.05) is 0 Å². The molecule has 3 aromatic rings. The maximum atomic E-state index is 13.1. The van der Waals surface area contributed by atoms with Gasteiger partial charge in [0.1, 0.15) is 5.70 Å². The largest absolute Gasteiger partial charge is 0.298 e. The second-order valence-corrected chi connectivity index (χ2v) is 7.38. The highest BCUT2D eigenvalue weighted by Gasteiger charge is 2.31. The maximum Gasteiger partial charge on any atom is 0.298 e. The van der Waals surface area contributed by atoms with Crippen LogP contribution in [-0.4, -0.2) is 27.9 Å². The molecule has 0 saturated carbocycles. The first-order valence-electron chi connectivity index (χ1n) is 9.27. The first kappa shape index (κ1) is 20.4. The first-order chi connectivity index (χ1) is 15.0. The Kier molecular flexibility index (Phi) is 5.81. The van der Waals surface area contributed by atoms with Crippen LogP contribution in [0.2, 0.25) is 0 Å². The molecule has 0 bridgehead atoms. The minimum atomic E-state index is -0.488. The normalized spacial score (nSPS) is 15.0. The predicted octanol–water partition coefficient (Wildman–Crippen LogP) is 5.02. The van der Waals surface area contributed by atoms with Crippen molar-refractivity contribution < 1.29 is 9.72 Å². The van der Waals surface area contributed by atoms with E-state index in [4.69, 9.17) is 0 Å². The summed E-state index contributed by atoms with van der Waals surface area (Å²) in [5.41, 5.74) is 1.90. The van der Waals surface area contributed by atoms with Crippen molar-refractivity contribution in [2.24, 2.45) is 10.1 Å². The van der Waals surface area contributed by atoms with Crippen LogP contribution in [0.5, 0.6) is 0 Å². The van der Waals surface area contributed by atoms with E-state index in [1.54, 1.807) is 24.3 Å². The molecule has 1 aliphatic heterocycles. The Labute approximate surface area is 186 Å². The molecule has 152 valence electrons. The molecule has 1 amide bonds. The average molecular weight is 475 g/mol. The molecule has 3 aromatic carbocycles. The summed E-state index contributed by atoms with van der Waals surface area (Å²) in [6.07, 6.45) is 2.98. The van der Waals surface area contributed by atoms with E-state index in [1.807, 2.05) is 54.6 Å². The number of nitro benzene ring substituents is 1. The smallest absolute Gasteiger partial charge is 0.265 e. The van der Waals surface area contributed by atoms with Gasteiger partial charge in [-0.25, -0.2) is 4.99 Å². The summed E-state index contributed by atoms with van der Waals surface area (Å²) in [7, 11) is 0. The quantitative estimate of drug-likeness (QED) is 0.225. The zero-order valence-corrected chi connectivity index (χ0v) is 17.6. The summed E-state index contributed by atoms with van der Waals surface area (Å²) >= 11 is 3.47. The summed E-state index contributed by atoms with van der Waals surface area (Å²) in [5, 5.41) is 16.7. The van der Waals surface area contributed by atoms with Crippen LogP contribution in [0.15, 0.2) is 99.1 Å². The zero-order chi connectivity index (χ0) is 21.8. The number of para-hydroxylation sites is 1. The monoisotopic (exact) mass is 474 g/mol. The number of amides is 1. The fourth-order valence-electron chi connectivity index (χ4n) is 3.01. The van der Waals surface area contributed by atoms with Crippen molar-refractivity contribution in [2.45, 2.75) is 0 Å². The van der Waals surface area contributed by atoms with Crippen LogP contribution in [0.1, 0.15) is 16.7 Å². The van der Waals surface area contributed by atoms with E-state index in [-0.39, 0.29) is 16.9 Å². The van der Waals surface area contributed by atoms with Gasteiger partial charge < -0.3 is 0 Å². The van der Waals surface area contributed by atoms with Crippen LogP contribution in [-0.2, 0) is 4.79 Å². The standard InChI is InChI=1S/C23H15BrN4O3/c24-19-12-6-4-10-17(19)14-20-23(29)27(22(26-20)16-8-2-1-3-9-16)25-15-18-11-5-7-13-21(18)28(30)31/h1-15H/b20-14-,25-15+. The van der Waals surface area contributed by atoms with Crippen LogP contribution < -0.4 is 0 Å². The van der Waals surface area contributed by atoms with E-state index in [0.29, 0.717) is 11.4 Å². The summed E-state index contributed by atoms with van der Waals surface area (Å²) in [5.74, 6) is -0.0804. The summed E-state index contributed by atoms with van der Waals surface area (Å²) < 4.78 is 0.827. The van der Waals surface area contributed by atoms with E-state index in [1.165, 1.54) is 12.3 Å². The van der Waals surface area contributed by atoms with Gasteiger partial charge in [0.25, 0.3) is 11.6 Å². The predicted molar refractivity (Wildman–Crippen MR) is 123 cm³/mol. The molecular formula is C23H15BrN4O3. The van der Waals surface area contributed by atoms with Crippen molar-refractivity contribution >= 4 is 45.7 Å². The summed E-state index contributed by atoms with van der Waals surface area (Å²) in [6.45, 7) is 0. The molecule has 0 saturated heterocycles. The Bertz CT molecular complexity index is 1250. The fraction of sp³-hybridized carbons (Fsp3) is 0. The van der Waals surface area contributed by atoms with Crippen LogP contribution in [0.4, 0.5) is 5.69 Å². The van der Waals surface area contributed by atoms with Gasteiger partial charge in [0.15, 0.2) is 5.84 Å². The highest BCUT2D eigenvalue weighted by atomic mass is 79.9. The molecule has 0 unspecified atom stereocenters. The Balaban J connectivity index is 1.76. The molecule has 4 rings (SSSR count). The number of hydrogen-bond acceptors (Lipinski definition) is 5. The van der Waals surface area contributed by atoms with E-state index < -0.39 is 10.8 Å². The number of nitrogens with zero attached hydrogens (tertiary/aromatic N) is 4. The van der Waals surface area contributed by atoms with Crippen molar-refractivity contribution in [3.05, 3.63) is 116 Å². The molecule has 0 spiro atoms. The maximum absolute atomic E-state index is 13.1. The van der Waals surface area contributed by atoms with Crippen LogP contribution >= 0.6 is 15.9 Å². The minimum absolute atomic E-state index is 0.0972. The van der Waals surface area contributed by atoms with Gasteiger partial charge in [0.2, 0.25) is 0 Å². The molecule has 1 aliphatic rings. The van der Waals surface area contributed by atoms with Crippen molar-refractivity contribution in [3.8, 4) is 0 Å². The number of rotatable bonds is 5. The average Bonchev–Trinajstić information content (AvgIpc) is 3.10. The lowest BCUT2D eigenvalue weighted by atomic mass is 10.2. The van der Waals surface area contributed by atoms with E-state index in [0.717, 1.165) is 15.0 Å². The molecule has 0 fully saturated rings. The number of amidine groups is 1. The molecule has 0 aromatic heterocycles. The fourth-order valence-corrected chi connectivity index (χ4v) is 3.41. The third-order valence-electron chi connectivity index (χ3n) is 4.51. The van der Waals surface area contributed by atoms with E-state index in [2.05, 4.69) is 26.0 Å². The molecule has 31 heavy (non-hydrogen) atoms. The number of benzene rings is 3. The molecule has 7 nitrogen and oxygen atoms in total. The van der Waals surface area contributed by atoms with Crippen molar-refractivity contribution in [3.63, 3.8) is 0 Å². The van der Waals surface area contributed by atoms with Gasteiger partial charge >= 0.3 is 0 Å². The molecule has 0 aliphatic carbocycles. The summed E-state index contributed by atoms with van der Waals surface area (Å²) in [6, 6.07) is 22.9. The lowest BCUT2D eigenvalue weighted by Gasteiger charge is -2.11. The van der Waals surface area contributed by atoms with Crippen LogP contribution in [0, 0.1) is 10.1 Å². The zero-order valence-electron chi connectivity index (χ0n) is 16.1. The van der Waals surface area contributed by atoms with Gasteiger partial charge in [-0.3, -0.25) is 14.9 Å². The number of carbonyl (C=O) groups excluding carboxylic acids is 1. The van der Waals surface area contributed by atoms with Crippen molar-refractivity contribution in [1.82, 2.24) is 5.01 Å². The Morgan fingerprint density at radius 2 is 1.58 bits per heavy atom. The number of nitro groups is 1. The van der Waals surface area contributed by atoms with Gasteiger partial charge in [-0.05, 0) is 23.8 Å². The van der Waals surface area contributed by atoms with Gasteiger partial charge in [-0.1, -0.05) is 76.6 Å². The Hall–Kier alpha value is -3.91. The van der Waals surface area contributed by atoms with Gasteiger partial charge in [0.05, 0.1) is 16.7 Å². The molecule has 0 atom stereocenters. The number of carbonyl (C=O) groups is 1. The van der Waals surface area contributed by atoms with Crippen LogP contribution in [0.25, 0.3) is 6.08 Å². The number of hydrogen-bond donors (Lipinski definition) is 0. The highest BCUT2D eigenvalue weighted by Crippen LogP contribution is 2.26. The second kappa shape index (κ2) is 8.85. The molecule has 0 N–H and O–H groups in total. The molecule has 0 radical (unpaired) electrons. The van der Waals surface area contributed by atoms with E-state index in [9.17, 15) is 14.9 Å². The van der Waals surface area contributed by atoms with Crippen molar-refractivity contribution in [1.29, 1.82) is 0 Å². The Morgan fingerprint density at radius 3 is 2.29 bits per heavy atom. The molecular weight excluding hydrogens is 460 g/mol.